The predicted molar refractivity (Wildman–Crippen MR) is 291 cm³/mol. The Bertz CT molecular complexity index is 1210. The molecule has 418 valence electrons. The molecule has 0 spiro atoms. The number of hydrogen-bond acceptors (Lipinski definition) is 10. The molecule has 10 nitrogen and oxygen atoms in total. The van der Waals surface area contributed by atoms with E-state index in [4.69, 9.17) is 18.9 Å². The molecule has 4 rings (SSSR count). The minimum absolute atomic E-state index is 0.0512. The molecule has 0 atom stereocenters. The summed E-state index contributed by atoms with van der Waals surface area (Å²) in [5.41, 5.74) is 0. The van der Waals surface area contributed by atoms with Gasteiger partial charge in [0.2, 0.25) is 0 Å². The lowest BCUT2D eigenvalue weighted by Crippen LogP contribution is -2.34. The molecule has 10 heteroatoms. The fourth-order valence-corrected chi connectivity index (χ4v) is 12.9. The number of ether oxygens (including phenoxy) is 4. The maximum Gasteiger partial charge on any atom is 0.320 e. The average Bonchev–Trinajstić information content (AvgIpc) is 3.40. The summed E-state index contributed by atoms with van der Waals surface area (Å²) in [4.78, 5) is 57.4. The van der Waals surface area contributed by atoms with Crippen molar-refractivity contribution >= 4 is 23.9 Å². The molecule has 4 saturated carbocycles. The highest BCUT2D eigenvalue weighted by Gasteiger charge is 2.35. The van der Waals surface area contributed by atoms with Crippen LogP contribution in [0.25, 0.3) is 0 Å². The first-order valence-corrected chi connectivity index (χ1v) is 31.2. The lowest BCUT2D eigenvalue weighted by atomic mass is 9.80. The number of rotatable bonds is 38. The van der Waals surface area contributed by atoms with E-state index in [1.165, 1.54) is 154 Å². The van der Waals surface area contributed by atoms with Crippen LogP contribution < -0.4 is 0 Å². The van der Waals surface area contributed by atoms with Gasteiger partial charge in [-0.05, 0) is 137 Å². The summed E-state index contributed by atoms with van der Waals surface area (Å²) in [6.45, 7) is 11.9. The van der Waals surface area contributed by atoms with Crippen LogP contribution in [-0.4, -0.2) is 86.6 Å². The Labute approximate surface area is 441 Å². The molecule has 0 aromatic heterocycles. The first-order valence-electron chi connectivity index (χ1n) is 31.2. The van der Waals surface area contributed by atoms with Gasteiger partial charge in [0.1, 0.15) is 0 Å². The third kappa shape index (κ3) is 25.6. The Morgan fingerprint density at radius 1 is 0.361 bits per heavy atom. The second-order valence-electron chi connectivity index (χ2n) is 24.0. The maximum atomic E-state index is 13.8. The van der Waals surface area contributed by atoms with Crippen LogP contribution in [0.5, 0.6) is 0 Å². The van der Waals surface area contributed by atoms with E-state index >= 15 is 0 Å². The number of carbonyl (C=O) groups excluding carboxylic acids is 4. The van der Waals surface area contributed by atoms with Crippen LogP contribution in [-0.2, 0) is 38.1 Å². The first kappa shape index (κ1) is 62.3. The van der Waals surface area contributed by atoms with Gasteiger partial charge >= 0.3 is 23.9 Å². The molecule has 0 amide bonds. The van der Waals surface area contributed by atoms with Crippen LogP contribution in [0.15, 0.2) is 0 Å². The van der Waals surface area contributed by atoms with Crippen LogP contribution in [0.4, 0.5) is 0 Å². The number of unbranched alkanes of at least 4 members (excludes halogenated alkanes) is 8. The smallest absolute Gasteiger partial charge is 0.320 e. The van der Waals surface area contributed by atoms with Gasteiger partial charge in [-0.3, -0.25) is 19.2 Å². The third-order valence-corrected chi connectivity index (χ3v) is 18.1. The Kier molecular flexibility index (Phi) is 33.2. The van der Waals surface area contributed by atoms with Crippen LogP contribution in [0.3, 0.4) is 0 Å². The Morgan fingerprint density at radius 3 is 0.819 bits per heavy atom. The molecule has 0 bridgehead atoms. The van der Waals surface area contributed by atoms with Crippen molar-refractivity contribution in [3.8, 4) is 0 Å². The molecule has 0 heterocycles. The lowest BCUT2D eigenvalue weighted by molar-refractivity contribution is -0.166. The van der Waals surface area contributed by atoms with Crippen LogP contribution in [0.2, 0.25) is 0 Å². The molecule has 0 radical (unpaired) electrons. The summed E-state index contributed by atoms with van der Waals surface area (Å²) < 4.78 is 23.9. The topological polar surface area (TPSA) is 129 Å². The van der Waals surface area contributed by atoms with E-state index in [0.717, 1.165) is 75.0 Å². The second-order valence-corrected chi connectivity index (χ2v) is 24.0. The van der Waals surface area contributed by atoms with Crippen molar-refractivity contribution in [2.75, 3.05) is 52.7 Å². The number of aliphatic hydroxyl groups excluding tert-OH is 1. The normalized spacial score (nSPS) is 25.6. The number of nitrogens with zero attached hydrogens (tertiary/aromatic N) is 1. The number of carbonyl (C=O) groups is 4. The molecule has 1 N–H and O–H groups in total. The number of aliphatic hydroxyl groups is 1. The quantitative estimate of drug-likeness (QED) is 0.0276. The molecule has 4 aliphatic rings. The number of hydrogen-bond donors (Lipinski definition) is 1. The highest BCUT2D eigenvalue weighted by Crippen LogP contribution is 2.36. The fraction of sp³-hybridized carbons (Fsp3) is 0.935. The van der Waals surface area contributed by atoms with Gasteiger partial charge in [-0.25, -0.2) is 0 Å². The van der Waals surface area contributed by atoms with Crippen LogP contribution in [0, 0.1) is 59.2 Å². The van der Waals surface area contributed by atoms with Gasteiger partial charge in [-0.1, -0.05) is 182 Å². The van der Waals surface area contributed by atoms with Crippen molar-refractivity contribution in [2.24, 2.45) is 59.2 Å². The Balaban J connectivity index is 1.31. The van der Waals surface area contributed by atoms with Crippen LogP contribution in [0.1, 0.15) is 259 Å². The first-order chi connectivity index (χ1) is 35.2. The zero-order valence-electron chi connectivity index (χ0n) is 47.0. The number of esters is 4. The molecule has 0 unspecified atom stereocenters. The molecule has 0 aromatic rings. The highest BCUT2D eigenvalue weighted by molar-refractivity contribution is 5.95. The van der Waals surface area contributed by atoms with Crippen molar-refractivity contribution in [2.45, 2.75) is 259 Å². The van der Waals surface area contributed by atoms with Gasteiger partial charge in [0.05, 0.1) is 33.0 Å². The van der Waals surface area contributed by atoms with Gasteiger partial charge in [-0.2, -0.15) is 0 Å². The summed E-state index contributed by atoms with van der Waals surface area (Å²) in [6, 6.07) is 0. The van der Waals surface area contributed by atoms with Crippen molar-refractivity contribution < 1.29 is 43.2 Å². The van der Waals surface area contributed by atoms with Gasteiger partial charge in [0.15, 0.2) is 11.8 Å². The van der Waals surface area contributed by atoms with E-state index in [-0.39, 0.29) is 6.61 Å². The predicted octanol–water partition coefficient (Wildman–Crippen LogP) is 14.8. The van der Waals surface area contributed by atoms with E-state index in [2.05, 4.69) is 32.6 Å². The summed E-state index contributed by atoms with van der Waals surface area (Å²) >= 11 is 0. The zero-order valence-corrected chi connectivity index (χ0v) is 47.0. The summed E-state index contributed by atoms with van der Waals surface area (Å²) in [5, 5.41) is 10.1. The van der Waals surface area contributed by atoms with Gasteiger partial charge in [0, 0.05) is 6.54 Å². The lowest BCUT2D eigenvalue weighted by Gasteiger charge is -2.29. The van der Waals surface area contributed by atoms with E-state index in [9.17, 15) is 24.3 Å². The van der Waals surface area contributed by atoms with Crippen molar-refractivity contribution in [1.29, 1.82) is 0 Å². The largest absolute Gasteiger partial charge is 0.465 e. The Hall–Kier alpha value is -2.20. The second kappa shape index (κ2) is 38.4. The SMILES string of the molecule is CCCCCC1CCC(COC(=O)C(CCCN(CCO)CCCC(C(=O)OCC2CCC(CCCCC)CC2)C(=O)OCC2CCC(CCCCC)CC2)C(=O)OCC2CCC(CCCCC)CC2)CC1. The van der Waals surface area contributed by atoms with E-state index in [1.54, 1.807) is 0 Å². The molecule has 4 aliphatic carbocycles. The minimum Gasteiger partial charge on any atom is -0.465 e. The highest BCUT2D eigenvalue weighted by atomic mass is 16.6. The van der Waals surface area contributed by atoms with E-state index < -0.39 is 35.7 Å². The fourth-order valence-electron chi connectivity index (χ4n) is 12.9. The maximum absolute atomic E-state index is 13.8. The zero-order chi connectivity index (χ0) is 51.6. The van der Waals surface area contributed by atoms with Crippen LogP contribution >= 0.6 is 0 Å². The Morgan fingerprint density at radius 2 is 0.597 bits per heavy atom. The molecular weight excluding hydrogens is 903 g/mol. The summed E-state index contributed by atoms with van der Waals surface area (Å²) in [5.74, 6) is 0.541. The average molecular weight is 1010 g/mol. The van der Waals surface area contributed by atoms with E-state index in [1.807, 2.05) is 0 Å². The molecule has 0 saturated heterocycles. The molecule has 0 aromatic carbocycles. The molecular formula is C62H111NO9. The molecule has 0 aliphatic heterocycles. The van der Waals surface area contributed by atoms with Crippen molar-refractivity contribution in [3.05, 3.63) is 0 Å². The third-order valence-electron chi connectivity index (χ3n) is 18.1. The van der Waals surface area contributed by atoms with Crippen molar-refractivity contribution in [1.82, 2.24) is 4.90 Å². The van der Waals surface area contributed by atoms with Gasteiger partial charge in [-0.15, -0.1) is 0 Å². The van der Waals surface area contributed by atoms with Gasteiger partial charge in [0.25, 0.3) is 0 Å². The molecule has 4 fully saturated rings. The van der Waals surface area contributed by atoms with Crippen molar-refractivity contribution in [3.63, 3.8) is 0 Å². The minimum atomic E-state index is -0.988. The monoisotopic (exact) mass is 1010 g/mol. The summed E-state index contributed by atoms with van der Waals surface area (Å²) in [7, 11) is 0. The summed E-state index contributed by atoms with van der Waals surface area (Å²) in [6.07, 6.45) is 40.1. The van der Waals surface area contributed by atoms with E-state index in [0.29, 0.717) is 95.4 Å². The van der Waals surface area contributed by atoms with Gasteiger partial charge < -0.3 is 29.0 Å². The molecule has 72 heavy (non-hydrogen) atoms. The standard InChI is InChI=1S/C62H111NO9/c1-5-9-13-19-49-25-33-53(34-26-49)45-69-59(65)57(60(66)70-46-54-35-27-50(28-36-54)20-14-10-6-2)23-17-41-63(43-44-64)42-18-24-58(61(67)71-47-55-37-29-51(30-38-55)21-15-11-7-3)62(68)72-48-56-39-31-52(32-40-56)22-16-12-8-4/h49-58,64H,5-48H2,1-4H3.